The third-order valence-electron chi connectivity index (χ3n) is 5.20. The summed E-state index contributed by atoms with van der Waals surface area (Å²) in [6, 6.07) is 9.69. The largest absolute Gasteiger partial charge is 0.376 e. The summed E-state index contributed by atoms with van der Waals surface area (Å²) in [5, 5.41) is 3.72. The fraction of sp³-hybridized carbons (Fsp3) is 0.667. The zero-order valence-corrected chi connectivity index (χ0v) is 12.8. The monoisotopic (exact) mass is 286 g/mol. The van der Waals surface area contributed by atoms with Crippen LogP contribution in [0.3, 0.4) is 0 Å². The van der Waals surface area contributed by atoms with Crippen LogP contribution in [0.4, 0.5) is 5.69 Å². The highest BCUT2D eigenvalue weighted by Crippen LogP contribution is 2.38. The molecule has 0 amide bonds. The standard InChI is InChI=1S/C18H26N2O/c1-2-11-20(10-1)16-7-3-14(4-8-16)13-19-17-9-12-21-18(17)15-5-6-15/h3-4,7-8,15,17-19H,1-2,5-6,9-13H2. The van der Waals surface area contributed by atoms with Crippen molar-refractivity contribution in [2.45, 2.75) is 50.8 Å². The lowest BCUT2D eigenvalue weighted by atomic mass is 10.1. The molecular formula is C18H26N2O. The highest BCUT2D eigenvalue weighted by atomic mass is 16.5. The first-order valence-corrected chi connectivity index (χ1v) is 8.59. The summed E-state index contributed by atoms with van der Waals surface area (Å²) in [6.45, 7) is 4.35. The molecule has 21 heavy (non-hydrogen) atoms. The summed E-state index contributed by atoms with van der Waals surface area (Å²) < 4.78 is 5.90. The van der Waals surface area contributed by atoms with E-state index in [-0.39, 0.29) is 0 Å². The fourth-order valence-electron chi connectivity index (χ4n) is 3.77. The molecule has 2 atom stereocenters. The van der Waals surface area contributed by atoms with E-state index in [9.17, 15) is 0 Å². The van der Waals surface area contributed by atoms with Crippen LogP contribution >= 0.6 is 0 Å². The molecule has 2 unspecified atom stereocenters. The van der Waals surface area contributed by atoms with Gasteiger partial charge >= 0.3 is 0 Å². The van der Waals surface area contributed by atoms with Crippen molar-refractivity contribution in [2.75, 3.05) is 24.6 Å². The maximum absolute atomic E-state index is 5.90. The lowest BCUT2D eigenvalue weighted by molar-refractivity contribution is 0.0809. The molecule has 2 heterocycles. The zero-order chi connectivity index (χ0) is 14.1. The van der Waals surface area contributed by atoms with Crippen LogP contribution in [-0.2, 0) is 11.3 Å². The molecule has 3 nitrogen and oxygen atoms in total. The van der Waals surface area contributed by atoms with Crippen LogP contribution in [-0.4, -0.2) is 31.8 Å². The number of ether oxygens (including phenoxy) is 1. The van der Waals surface area contributed by atoms with E-state index in [1.807, 2.05) is 0 Å². The molecule has 114 valence electrons. The summed E-state index contributed by atoms with van der Waals surface area (Å²) >= 11 is 0. The molecule has 2 saturated heterocycles. The van der Waals surface area contributed by atoms with Crippen molar-refractivity contribution in [3.05, 3.63) is 29.8 Å². The Morgan fingerprint density at radius 2 is 1.81 bits per heavy atom. The quantitative estimate of drug-likeness (QED) is 0.900. The molecule has 3 fully saturated rings. The van der Waals surface area contributed by atoms with Crippen LogP contribution in [0.5, 0.6) is 0 Å². The van der Waals surface area contributed by atoms with Crippen LogP contribution in [0.1, 0.15) is 37.7 Å². The lowest BCUT2D eigenvalue weighted by Gasteiger charge is -2.20. The predicted molar refractivity (Wildman–Crippen MR) is 85.6 cm³/mol. The molecular weight excluding hydrogens is 260 g/mol. The predicted octanol–water partition coefficient (Wildman–Crippen LogP) is 2.94. The van der Waals surface area contributed by atoms with Gasteiger partial charge < -0.3 is 15.0 Å². The third-order valence-corrected chi connectivity index (χ3v) is 5.20. The van der Waals surface area contributed by atoms with Gasteiger partial charge in [0.1, 0.15) is 0 Å². The molecule has 1 aromatic rings. The number of hydrogen-bond donors (Lipinski definition) is 1. The van der Waals surface area contributed by atoms with Crippen molar-refractivity contribution in [3.63, 3.8) is 0 Å². The Morgan fingerprint density at radius 3 is 2.52 bits per heavy atom. The van der Waals surface area contributed by atoms with Crippen LogP contribution in [0.25, 0.3) is 0 Å². The van der Waals surface area contributed by atoms with Crippen LogP contribution < -0.4 is 10.2 Å². The molecule has 0 radical (unpaired) electrons. The topological polar surface area (TPSA) is 24.5 Å². The molecule has 0 bridgehead atoms. The fourth-order valence-corrected chi connectivity index (χ4v) is 3.77. The molecule has 1 aliphatic carbocycles. The van der Waals surface area contributed by atoms with Gasteiger partial charge in [-0.1, -0.05) is 12.1 Å². The van der Waals surface area contributed by atoms with Gasteiger partial charge in [0.05, 0.1) is 6.10 Å². The van der Waals surface area contributed by atoms with Crippen molar-refractivity contribution in [3.8, 4) is 0 Å². The minimum absolute atomic E-state index is 0.480. The van der Waals surface area contributed by atoms with Gasteiger partial charge in [0.25, 0.3) is 0 Å². The maximum Gasteiger partial charge on any atom is 0.0757 e. The number of anilines is 1. The highest BCUT2D eigenvalue weighted by molar-refractivity contribution is 5.48. The Bertz CT molecular complexity index is 463. The van der Waals surface area contributed by atoms with Crippen LogP contribution in [0, 0.1) is 5.92 Å². The number of nitrogens with one attached hydrogen (secondary N) is 1. The van der Waals surface area contributed by atoms with Gasteiger partial charge in [-0.05, 0) is 55.7 Å². The average Bonchev–Trinajstić information content (AvgIpc) is 3.04. The second-order valence-electron chi connectivity index (χ2n) is 6.81. The minimum Gasteiger partial charge on any atom is -0.376 e. The molecule has 0 spiro atoms. The van der Waals surface area contributed by atoms with E-state index in [0.717, 1.165) is 19.1 Å². The van der Waals surface area contributed by atoms with E-state index in [1.165, 1.54) is 56.4 Å². The summed E-state index contributed by atoms with van der Waals surface area (Å²) in [7, 11) is 0. The van der Waals surface area contributed by atoms with Crippen molar-refractivity contribution in [1.29, 1.82) is 0 Å². The minimum atomic E-state index is 0.480. The van der Waals surface area contributed by atoms with Gasteiger partial charge in [0.2, 0.25) is 0 Å². The average molecular weight is 286 g/mol. The number of benzene rings is 1. The van der Waals surface area contributed by atoms with E-state index >= 15 is 0 Å². The second kappa shape index (κ2) is 5.98. The summed E-state index contributed by atoms with van der Waals surface area (Å²) in [6.07, 6.45) is 7.07. The Kier molecular flexibility index (Phi) is 3.87. The Morgan fingerprint density at radius 1 is 1.05 bits per heavy atom. The van der Waals surface area contributed by atoms with Gasteiger partial charge in [-0.15, -0.1) is 0 Å². The normalized spacial score (nSPS) is 29.2. The smallest absolute Gasteiger partial charge is 0.0757 e. The first kappa shape index (κ1) is 13.6. The van der Waals surface area contributed by atoms with Gasteiger partial charge in [0, 0.05) is 38.0 Å². The second-order valence-corrected chi connectivity index (χ2v) is 6.81. The van der Waals surface area contributed by atoms with E-state index < -0.39 is 0 Å². The molecule has 1 saturated carbocycles. The number of hydrogen-bond acceptors (Lipinski definition) is 3. The summed E-state index contributed by atoms with van der Waals surface area (Å²) in [4.78, 5) is 2.49. The van der Waals surface area contributed by atoms with E-state index in [2.05, 4.69) is 34.5 Å². The summed E-state index contributed by atoms with van der Waals surface area (Å²) in [5.41, 5.74) is 2.77. The lowest BCUT2D eigenvalue weighted by Crippen LogP contribution is -2.37. The molecule has 0 aromatic heterocycles. The first-order valence-electron chi connectivity index (χ1n) is 8.59. The Hall–Kier alpha value is -1.06. The van der Waals surface area contributed by atoms with Crippen LogP contribution in [0.2, 0.25) is 0 Å². The van der Waals surface area contributed by atoms with Crippen molar-refractivity contribution < 1.29 is 4.74 Å². The first-order chi connectivity index (χ1) is 10.4. The maximum atomic E-state index is 5.90. The van der Waals surface area contributed by atoms with E-state index in [0.29, 0.717) is 12.1 Å². The van der Waals surface area contributed by atoms with Gasteiger partial charge in [-0.3, -0.25) is 0 Å². The Labute approximate surface area is 127 Å². The number of nitrogens with zero attached hydrogens (tertiary/aromatic N) is 1. The molecule has 3 heteroatoms. The molecule has 3 aliphatic rings. The van der Waals surface area contributed by atoms with Gasteiger partial charge in [-0.25, -0.2) is 0 Å². The van der Waals surface area contributed by atoms with E-state index in [1.54, 1.807) is 0 Å². The molecule has 2 aliphatic heterocycles. The van der Waals surface area contributed by atoms with Crippen molar-refractivity contribution >= 4 is 5.69 Å². The van der Waals surface area contributed by atoms with E-state index in [4.69, 9.17) is 4.74 Å². The highest BCUT2D eigenvalue weighted by Gasteiger charge is 2.40. The van der Waals surface area contributed by atoms with Crippen molar-refractivity contribution in [1.82, 2.24) is 5.32 Å². The SMILES string of the molecule is c1cc(N2CCCC2)ccc1CNC1CCOC1C1CC1. The molecule has 4 rings (SSSR count). The zero-order valence-electron chi connectivity index (χ0n) is 12.8. The van der Waals surface area contributed by atoms with Crippen LogP contribution in [0.15, 0.2) is 24.3 Å². The number of rotatable bonds is 5. The molecule has 1 N–H and O–H groups in total. The van der Waals surface area contributed by atoms with Gasteiger partial charge in [-0.2, -0.15) is 0 Å². The summed E-state index contributed by atoms with van der Waals surface area (Å²) in [5.74, 6) is 0.836. The third kappa shape index (κ3) is 3.09. The van der Waals surface area contributed by atoms with Gasteiger partial charge in [0.15, 0.2) is 0 Å². The molecule has 1 aromatic carbocycles. The van der Waals surface area contributed by atoms with Crippen molar-refractivity contribution in [2.24, 2.45) is 5.92 Å². The Balaban J connectivity index is 1.32.